The Kier molecular flexibility index (Phi) is 5.91. The minimum Gasteiger partial charge on any atom is -0.497 e. The lowest BCUT2D eigenvalue weighted by Gasteiger charge is -2.12. The van der Waals surface area contributed by atoms with Crippen LogP contribution in [0.3, 0.4) is 0 Å². The molecule has 27 heavy (non-hydrogen) atoms. The van der Waals surface area contributed by atoms with E-state index in [0.717, 1.165) is 35.9 Å². The Bertz CT molecular complexity index is 907. The molecule has 0 aliphatic heterocycles. The van der Waals surface area contributed by atoms with Gasteiger partial charge in [-0.05, 0) is 56.5 Å². The normalized spacial score (nSPS) is 10.5. The van der Waals surface area contributed by atoms with E-state index in [2.05, 4.69) is 64.8 Å². The van der Waals surface area contributed by atoms with E-state index >= 15 is 0 Å². The molecule has 0 aliphatic rings. The molecule has 0 spiro atoms. The van der Waals surface area contributed by atoms with Crippen molar-refractivity contribution in [3.05, 3.63) is 70.9 Å². The zero-order chi connectivity index (χ0) is 19.2. The van der Waals surface area contributed by atoms with E-state index < -0.39 is 0 Å². The number of anilines is 3. The minimum atomic E-state index is 0.635. The van der Waals surface area contributed by atoms with E-state index in [-0.39, 0.29) is 0 Å². The van der Waals surface area contributed by atoms with Crippen LogP contribution in [0.15, 0.2) is 48.5 Å². The van der Waals surface area contributed by atoms with Crippen molar-refractivity contribution < 1.29 is 4.74 Å². The minimum absolute atomic E-state index is 0.635. The van der Waals surface area contributed by atoms with Gasteiger partial charge in [-0.1, -0.05) is 29.8 Å². The summed E-state index contributed by atoms with van der Waals surface area (Å²) in [6.07, 6.45) is 0.890. The van der Waals surface area contributed by atoms with E-state index in [0.29, 0.717) is 5.95 Å². The summed E-state index contributed by atoms with van der Waals surface area (Å²) in [6.45, 7) is 6.93. The SMILES string of the molecule is COc1ccc(CCNc2nc(C)cc(Nc3ccc(C)cc3C)n2)cc1. The van der Waals surface area contributed by atoms with Crippen molar-refractivity contribution in [3.8, 4) is 5.75 Å². The fraction of sp³-hybridized carbons (Fsp3) is 0.273. The zero-order valence-corrected chi connectivity index (χ0v) is 16.3. The highest BCUT2D eigenvalue weighted by atomic mass is 16.5. The van der Waals surface area contributed by atoms with Gasteiger partial charge in [0.15, 0.2) is 0 Å². The summed E-state index contributed by atoms with van der Waals surface area (Å²) in [5, 5.41) is 6.72. The molecule has 2 N–H and O–H groups in total. The largest absolute Gasteiger partial charge is 0.497 e. The van der Waals surface area contributed by atoms with Crippen molar-refractivity contribution >= 4 is 17.5 Å². The van der Waals surface area contributed by atoms with E-state index in [1.54, 1.807) is 7.11 Å². The number of nitrogens with zero attached hydrogens (tertiary/aromatic N) is 2. The van der Waals surface area contributed by atoms with Gasteiger partial charge in [-0.3, -0.25) is 0 Å². The van der Waals surface area contributed by atoms with E-state index in [4.69, 9.17) is 4.74 Å². The average molecular weight is 362 g/mol. The van der Waals surface area contributed by atoms with Crippen molar-refractivity contribution in [2.24, 2.45) is 0 Å². The predicted octanol–water partition coefficient (Wildman–Crippen LogP) is 4.81. The van der Waals surface area contributed by atoms with Gasteiger partial charge in [-0.15, -0.1) is 0 Å². The third-order valence-electron chi connectivity index (χ3n) is 4.35. The number of nitrogens with one attached hydrogen (secondary N) is 2. The third-order valence-corrected chi connectivity index (χ3v) is 4.35. The van der Waals surface area contributed by atoms with Crippen LogP contribution in [-0.2, 0) is 6.42 Å². The fourth-order valence-electron chi connectivity index (χ4n) is 2.91. The number of rotatable bonds is 7. The first-order valence-electron chi connectivity index (χ1n) is 9.10. The number of aryl methyl sites for hydroxylation is 3. The quantitative estimate of drug-likeness (QED) is 0.632. The van der Waals surface area contributed by atoms with Crippen LogP contribution in [0.1, 0.15) is 22.4 Å². The highest BCUT2D eigenvalue weighted by molar-refractivity contribution is 5.61. The molecule has 0 saturated heterocycles. The van der Waals surface area contributed by atoms with Crippen molar-refractivity contribution in [2.45, 2.75) is 27.2 Å². The van der Waals surface area contributed by atoms with Crippen LogP contribution in [0.5, 0.6) is 5.75 Å². The van der Waals surface area contributed by atoms with Gasteiger partial charge in [-0.2, -0.15) is 4.98 Å². The summed E-state index contributed by atoms with van der Waals surface area (Å²) in [5.41, 5.74) is 5.66. The molecule has 0 amide bonds. The first kappa shape index (κ1) is 18.7. The Morgan fingerprint density at radius 2 is 1.70 bits per heavy atom. The molecule has 1 aromatic heterocycles. The van der Waals surface area contributed by atoms with Crippen LogP contribution in [0.4, 0.5) is 17.5 Å². The molecule has 5 heteroatoms. The molecular weight excluding hydrogens is 336 g/mol. The van der Waals surface area contributed by atoms with Crippen LogP contribution in [0, 0.1) is 20.8 Å². The maximum atomic E-state index is 5.19. The number of hydrogen-bond acceptors (Lipinski definition) is 5. The van der Waals surface area contributed by atoms with E-state index in [1.807, 2.05) is 25.1 Å². The molecule has 0 aliphatic carbocycles. The second-order valence-corrected chi connectivity index (χ2v) is 6.69. The molecule has 3 rings (SSSR count). The Morgan fingerprint density at radius 1 is 0.926 bits per heavy atom. The molecule has 0 unspecified atom stereocenters. The van der Waals surface area contributed by atoms with Crippen molar-refractivity contribution in [1.82, 2.24) is 9.97 Å². The smallest absolute Gasteiger partial charge is 0.224 e. The fourth-order valence-corrected chi connectivity index (χ4v) is 2.91. The molecule has 3 aromatic rings. The first-order chi connectivity index (χ1) is 13.0. The average Bonchev–Trinajstić information content (AvgIpc) is 2.64. The van der Waals surface area contributed by atoms with Gasteiger partial charge >= 0.3 is 0 Å². The first-order valence-corrected chi connectivity index (χ1v) is 9.10. The second-order valence-electron chi connectivity index (χ2n) is 6.69. The molecule has 2 aromatic carbocycles. The molecule has 0 fully saturated rings. The third kappa shape index (κ3) is 5.20. The topological polar surface area (TPSA) is 59.1 Å². The summed E-state index contributed by atoms with van der Waals surface area (Å²) in [5.74, 6) is 2.30. The zero-order valence-electron chi connectivity index (χ0n) is 16.3. The Morgan fingerprint density at radius 3 is 2.41 bits per heavy atom. The lowest BCUT2D eigenvalue weighted by atomic mass is 10.1. The van der Waals surface area contributed by atoms with Crippen molar-refractivity contribution in [3.63, 3.8) is 0 Å². The lowest BCUT2D eigenvalue weighted by Crippen LogP contribution is -2.09. The van der Waals surface area contributed by atoms with Gasteiger partial charge in [0.2, 0.25) is 5.95 Å². The summed E-state index contributed by atoms with van der Waals surface area (Å²) in [4.78, 5) is 9.09. The number of aromatic nitrogens is 2. The monoisotopic (exact) mass is 362 g/mol. The second kappa shape index (κ2) is 8.54. The Hall–Kier alpha value is -3.08. The molecular formula is C22H26N4O. The van der Waals surface area contributed by atoms with Crippen LogP contribution in [0.25, 0.3) is 0 Å². The summed E-state index contributed by atoms with van der Waals surface area (Å²) >= 11 is 0. The summed E-state index contributed by atoms with van der Waals surface area (Å²) in [6, 6.07) is 16.4. The number of hydrogen-bond donors (Lipinski definition) is 2. The summed E-state index contributed by atoms with van der Waals surface area (Å²) < 4.78 is 5.19. The molecule has 0 bridgehead atoms. The number of methoxy groups -OCH3 is 1. The van der Waals surface area contributed by atoms with Crippen molar-refractivity contribution in [1.29, 1.82) is 0 Å². The predicted molar refractivity (Wildman–Crippen MR) is 111 cm³/mol. The van der Waals surface area contributed by atoms with Gasteiger partial charge in [0.25, 0.3) is 0 Å². The standard InChI is InChI=1S/C22H26N4O/c1-15-5-10-20(16(2)13-15)25-21-14-17(3)24-22(26-21)23-12-11-18-6-8-19(27-4)9-7-18/h5-10,13-14H,11-12H2,1-4H3,(H2,23,24,25,26). The maximum Gasteiger partial charge on any atom is 0.224 e. The molecule has 140 valence electrons. The van der Waals surface area contributed by atoms with Crippen LogP contribution in [-0.4, -0.2) is 23.6 Å². The summed E-state index contributed by atoms with van der Waals surface area (Å²) in [7, 11) is 1.68. The highest BCUT2D eigenvalue weighted by Crippen LogP contribution is 2.21. The maximum absolute atomic E-state index is 5.19. The molecule has 1 heterocycles. The van der Waals surface area contributed by atoms with Crippen LogP contribution in [0.2, 0.25) is 0 Å². The van der Waals surface area contributed by atoms with Gasteiger partial charge < -0.3 is 15.4 Å². The Labute approximate surface area is 160 Å². The molecule has 5 nitrogen and oxygen atoms in total. The van der Waals surface area contributed by atoms with Crippen molar-refractivity contribution in [2.75, 3.05) is 24.3 Å². The van der Waals surface area contributed by atoms with Crippen LogP contribution < -0.4 is 15.4 Å². The number of ether oxygens (including phenoxy) is 1. The van der Waals surface area contributed by atoms with E-state index in [1.165, 1.54) is 16.7 Å². The Balaban J connectivity index is 1.64. The molecule has 0 atom stereocenters. The van der Waals surface area contributed by atoms with Gasteiger partial charge in [0.05, 0.1) is 7.11 Å². The molecule has 0 saturated carbocycles. The van der Waals surface area contributed by atoms with Gasteiger partial charge in [0, 0.05) is 24.0 Å². The lowest BCUT2D eigenvalue weighted by molar-refractivity contribution is 0.414. The van der Waals surface area contributed by atoms with Gasteiger partial charge in [-0.25, -0.2) is 4.98 Å². The molecule has 0 radical (unpaired) electrons. The van der Waals surface area contributed by atoms with Gasteiger partial charge in [0.1, 0.15) is 11.6 Å². The van der Waals surface area contributed by atoms with E-state index in [9.17, 15) is 0 Å². The highest BCUT2D eigenvalue weighted by Gasteiger charge is 2.05. The number of benzene rings is 2. The van der Waals surface area contributed by atoms with Crippen LogP contribution >= 0.6 is 0 Å².